The number of piperazine rings is 1. The largest absolute Gasteiger partial charge is 0.311 e. The molecule has 3 nitrogen and oxygen atoms in total. The van der Waals surface area contributed by atoms with Crippen molar-refractivity contribution < 1.29 is 0 Å². The van der Waals surface area contributed by atoms with Crippen LogP contribution in [0, 0.1) is 0 Å². The Labute approximate surface area is 120 Å². The summed E-state index contributed by atoms with van der Waals surface area (Å²) in [6.45, 7) is 14.1. The van der Waals surface area contributed by atoms with Gasteiger partial charge in [0.15, 0.2) is 0 Å². The number of nitrogens with one attached hydrogen (secondary N) is 1. The monoisotopic (exact) mass is 269 g/mol. The summed E-state index contributed by atoms with van der Waals surface area (Å²) in [6, 6.07) is 2.10. The van der Waals surface area contributed by atoms with E-state index < -0.39 is 0 Å². The smallest absolute Gasteiger partial charge is 0.0195 e. The van der Waals surface area contributed by atoms with Crippen molar-refractivity contribution in [3.8, 4) is 0 Å². The first-order valence-electron chi connectivity index (χ1n) is 8.22. The first-order chi connectivity index (χ1) is 9.04. The molecule has 0 amide bonds. The molecule has 3 heteroatoms. The van der Waals surface area contributed by atoms with Crippen LogP contribution in [0.5, 0.6) is 0 Å². The summed E-state index contributed by atoms with van der Waals surface area (Å²) in [5, 5.41) is 3.67. The normalized spacial score (nSPS) is 25.4. The molecule has 0 aromatic heterocycles. The first-order valence-corrected chi connectivity index (χ1v) is 8.22. The zero-order valence-corrected chi connectivity index (χ0v) is 13.8. The maximum absolute atomic E-state index is 3.67. The fourth-order valence-corrected chi connectivity index (χ4v) is 2.78. The number of unbranched alkanes of at least 4 members (excludes halogenated alkanes) is 1. The highest BCUT2D eigenvalue weighted by molar-refractivity contribution is 4.83. The minimum atomic E-state index is 0.673. The molecule has 1 N–H and O–H groups in total. The lowest BCUT2D eigenvalue weighted by atomic mass is 10.1. The average molecular weight is 269 g/mol. The molecule has 1 saturated heterocycles. The molecule has 0 aromatic rings. The minimum Gasteiger partial charge on any atom is -0.311 e. The van der Waals surface area contributed by atoms with Crippen molar-refractivity contribution in [1.82, 2.24) is 15.1 Å². The Morgan fingerprint density at radius 3 is 2.68 bits per heavy atom. The van der Waals surface area contributed by atoms with Gasteiger partial charge in [-0.2, -0.15) is 0 Å². The average Bonchev–Trinajstić information content (AvgIpc) is 2.38. The van der Waals surface area contributed by atoms with E-state index in [4.69, 9.17) is 0 Å². The summed E-state index contributed by atoms with van der Waals surface area (Å²) in [4.78, 5) is 5.13. The highest BCUT2D eigenvalue weighted by Crippen LogP contribution is 2.11. The van der Waals surface area contributed by atoms with Crippen LogP contribution < -0.4 is 5.32 Å². The van der Waals surface area contributed by atoms with E-state index in [-0.39, 0.29) is 0 Å². The number of hydrogen-bond donors (Lipinski definition) is 1. The van der Waals surface area contributed by atoms with Gasteiger partial charge < -0.3 is 10.2 Å². The van der Waals surface area contributed by atoms with E-state index in [2.05, 4.69) is 49.9 Å². The molecule has 114 valence electrons. The third-order valence-electron chi connectivity index (χ3n) is 4.51. The Morgan fingerprint density at radius 2 is 2.05 bits per heavy atom. The number of hydrogen-bond acceptors (Lipinski definition) is 3. The van der Waals surface area contributed by atoms with Crippen LogP contribution in [0.4, 0.5) is 0 Å². The molecule has 0 saturated carbocycles. The zero-order chi connectivity index (χ0) is 14.3. The van der Waals surface area contributed by atoms with E-state index in [9.17, 15) is 0 Å². The van der Waals surface area contributed by atoms with Gasteiger partial charge in [0.05, 0.1) is 0 Å². The summed E-state index contributed by atoms with van der Waals surface area (Å²) in [5.74, 6) is 0. The minimum absolute atomic E-state index is 0.673. The van der Waals surface area contributed by atoms with Crippen molar-refractivity contribution >= 4 is 0 Å². The highest BCUT2D eigenvalue weighted by atomic mass is 15.2. The van der Waals surface area contributed by atoms with Gasteiger partial charge in [0, 0.05) is 31.2 Å². The van der Waals surface area contributed by atoms with Crippen LogP contribution in [-0.4, -0.2) is 61.2 Å². The molecule has 1 fully saturated rings. The molecule has 19 heavy (non-hydrogen) atoms. The van der Waals surface area contributed by atoms with Crippen LogP contribution in [0.3, 0.4) is 0 Å². The first kappa shape index (κ1) is 16.9. The highest BCUT2D eigenvalue weighted by Gasteiger charge is 2.23. The summed E-state index contributed by atoms with van der Waals surface area (Å²) in [5.41, 5.74) is 0. The second kappa shape index (κ2) is 8.93. The second-order valence-electron chi connectivity index (χ2n) is 6.52. The van der Waals surface area contributed by atoms with Crippen molar-refractivity contribution in [2.24, 2.45) is 0 Å². The fraction of sp³-hybridized carbons (Fsp3) is 1.00. The number of rotatable bonds is 8. The van der Waals surface area contributed by atoms with E-state index >= 15 is 0 Å². The Hall–Kier alpha value is -0.120. The molecule has 0 aromatic carbocycles. The SMILES string of the molecule is CCCC1CN(CCCCN(C)C(C)C)C(C)CN1. The Morgan fingerprint density at radius 1 is 1.32 bits per heavy atom. The van der Waals surface area contributed by atoms with E-state index in [1.165, 1.54) is 45.3 Å². The van der Waals surface area contributed by atoms with E-state index in [0.29, 0.717) is 12.1 Å². The van der Waals surface area contributed by atoms with Crippen LogP contribution in [-0.2, 0) is 0 Å². The lowest BCUT2D eigenvalue weighted by molar-refractivity contribution is 0.132. The Bertz CT molecular complexity index is 230. The van der Waals surface area contributed by atoms with E-state index in [1.54, 1.807) is 0 Å². The summed E-state index contributed by atoms with van der Waals surface area (Å²) in [7, 11) is 2.23. The van der Waals surface area contributed by atoms with Crippen molar-refractivity contribution in [3.05, 3.63) is 0 Å². The van der Waals surface area contributed by atoms with Crippen LogP contribution >= 0.6 is 0 Å². The van der Waals surface area contributed by atoms with Gasteiger partial charge in [-0.1, -0.05) is 13.3 Å². The molecule has 0 spiro atoms. The predicted molar refractivity (Wildman–Crippen MR) is 84.7 cm³/mol. The van der Waals surface area contributed by atoms with E-state index in [1.807, 2.05) is 0 Å². The molecule has 1 aliphatic rings. The maximum Gasteiger partial charge on any atom is 0.0195 e. The van der Waals surface area contributed by atoms with Gasteiger partial charge in [-0.15, -0.1) is 0 Å². The van der Waals surface area contributed by atoms with Crippen molar-refractivity contribution in [3.63, 3.8) is 0 Å². The van der Waals surface area contributed by atoms with Gasteiger partial charge in [-0.05, 0) is 60.2 Å². The number of nitrogens with zero attached hydrogens (tertiary/aromatic N) is 2. The van der Waals surface area contributed by atoms with Crippen molar-refractivity contribution in [2.45, 2.75) is 71.5 Å². The molecule has 1 rings (SSSR count). The van der Waals surface area contributed by atoms with E-state index in [0.717, 1.165) is 12.6 Å². The lowest BCUT2D eigenvalue weighted by Crippen LogP contribution is -2.55. The van der Waals surface area contributed by atoms with Crippen LogP contribution in [0.2, 0.25) is 0 Å². The van der Waals surface area contributed by atoms with Gasteiger partial charge in [-0.25, -0.2) is 0 Å². The Kier molecular flexibility index (Phi) is 7.96. The molecular weight excluding hydrogens is 234 g/mol. The predicted octanol–water partition coefficient (Wildman–Crippen LogP) is 2.57. The van der Waals surface area contributed by atoms with Crippen LogP contribution in [0.1, 0.15) is 53.4 Å². The van der Waals surface area contributed by atoms with Gasteiger partial charge >= 0.3 is 0 Å². The Balaban J connectivity index is 2.19. The summed E-state index contributed by atoms with van der Waals surface area (Å²) < 4.78 is 0. The standard InChI is InChI=1S/C16H35N3/c1-6-9-16-13-19(15(4)12-17-16)11-8-7-10-18(5)14(2)3/h14-17H,6-13H2,1-5H3. The molecular formula is C16H35N3. The quantitative estimate of drug-likeness (QED) is 0.683. The molecule has 0 bridgehead atoms. The van der Waals surface area contributed by atoms with Gasteiger partial charge in [0.1, 0.15) is 0 Å². The van der Waals surface area contributed by atoms with Crippen LogP contribution in [0.25, 0.3) is 0 Å². The topological polar surface area (TPSA) is 18.5 Å². The third kappa shape index (κ3) is 6.24. The lowest BCUT2D eigenvalue weighted by Gasteiger charge is -2.39. The zero-order valence-electron chi connectivity index (χ0n) is 13.8. The van der Waals surface area contributed by atoms with Gasteiger partial charge in [0.2, 0.25) is 0 Å². The molecule has 1 heterocycles. The maximum atomic E-state index is 3.67. The molecule has 2 unspecified atom stereocenters. The molecule has 0 aliphatic carbocycles. The summed E-state index contributed by atoms with van der Waals surface area (Å²) >= 11 is 0. The van der Waals surface area contributed by atoms with Crippen LogP contribution in [0.15, 0.2) is 0 Å². The van der Waals surface area contributed by atoms with Gasteiger partial charge in [0.25, 0.3) is 0 Å². The van der Waals surface area contributed by atoms with Gasteiger partial charge in [-0.3, -0.25) is 4.90 Å². The summed E-state index contributed by atoms with van der Waals surface area (Å²) in [6.07, 6.45) is 5.27. The molecule has 1 aliphatic heterocycles. The fourth-order valence-electron chi connectivity index (χ4n) is 2.78. The van der Waals surface area contributed by atoms with Crippen molar-refractivity contribution in [1.29, 1.82) is 0 Å². The van der Waals surface area contributed by atoms with Crippen molar-refractivity contribution in [2.75, 3.05) is 33.2 Å². The second-order valence-corrected chi connectivity index (χ2v) is 6.52. The molecule has 0 radical (unpaired) electrons. The third-order valence-corrected chi connectivity index (χ3v) is 4.51. The molecule has 2 atom stereocenters.